The molecule has 1 aliphatic rings. The lowest BCUT2D eigenvalue weighted by molar-refractivity contribution is -0.116. The molecule has 158 valence electrons. The highest BCUT2D eigenvalue weighted by atomic mass is 16.6. The molecule has 5 heteroatoms. The molecule has 30 heavy (non-hydrogen) atoms. The average molecular weight is 407 g/mol. The van der Waals surface area contributed by atoms with E-state index in [-0.39, 0.29) is 12.0 Å². The van der Waals surface area contributed by atoms with Crippen LogP contribution in [0, 0.1) is 0 Å². The van der Waals surface area contributed by atoms with Gasteiger partial charge in [0.15, 0.2) is 0 Å². The van der Waals surface area contributed by atoms with Crippen LogP contribution in [0.1, 0.15) is 45.2 Å². The van der Waals surface area contributed by atoms with Gasteiger partial charge in [0, 0.05) is 25.7 Å². The fraction of sp³-hybridized carbons (Fsp3) is 0.360. The number of carbonyl (C=O) groups excluding carboxylic acids is 2. The van der Waals surface area contributed by atoms with Crippen molar-refractivity contribution in [2.75, 3.05) is 18.0 Å². The van der Waals surface area contributed by atoms with Gasteiger partial charge in [-0.1, -0.05) is 48.5 Å². The second-order valence-electron chi connectivity index (χ2n) is 8.54. The van der Waals surface area contributed by atoms with E-state index < -0.39 is 5.60 Å². The monoisotopic (exact) mass is 406 g/mol. The van der Waals surface area contributed by atoms with Crippen molar-refractivity contribution in [3.8, 4) is 0 Å². The Kier molecular flexibility index (Phi) is 6.60. The highest BCUT2D eigenvalue weighted by Crippen LogP contribution is 2.26. The van der Waals surface area contributed by atoms with Crippen molar-refractivity contribution in [1.82, 2.24) is 4.90 Å². The molecule has 0 spiro atoms. The molecule has 3 rings (SSSR count). The molecule has 5 nitrogen and oxygen atoms in total. The van der Waals surface area contributed by atoms with Crippen molar-refractivity contribution in [3.05, 3.63) is 71.8 Å². The van der Waals surface area contributed by atoms with Gasteiger partial charge in [-0.2, -0.15) is 0 Å². The fourth-order valence-corrected chi connectivity index (χ4v) is 3.43. The molecule has 2 aromatic rings. The molecule has 0 fully saturated rings. The topological polar surface area (TPSA) is 49.9 Å². The maximum Gasteiger partial charge on any atom is 0.410 e. The van der Waals surface area contributed by atoms with Gasteiger partial charge in [0.25, 0.3) is 0 Å². The van der Waals surface area contributed by atoms with Gasteiger partial charge >= 0.3 is 6.09 Å². The molecule has 2 amide bonds. The zero-order valence-electron chi connectivity index (χ0n) is 18.2. The van der Waals surface area contributed by atoms with Gasteiger partial charge in [0.2, 0.25) is 5.91 Å². The number of anilines is 1. The lowest BCUT2D eigenvalue weighted by Crippen LogP contribution is -2.39. The smallest absolute Gasteiger partial charge is 0.410 e. The summed E-state index contributed by atoms with van der Waals surface area (Å²) >= 11 is 0. The van der Waals surface area contributed by atoms with Crippen molar-refractivity contribution in [2.24, 2.45) is 0 Å². The number of benzene rings is 2. The van der Waals surface area contributed by atoms with Gasteiger partial charge in [-0.15, -0.1) is 0 Å². The van der Waals surface area contributed by atoms with Gasteiger partial charge in [0.05, 0.1) is 6.54 Å². The van der Waals surface area contributed by atoms with Crippen molar-refractivity contribution in [3.63, 3.8) is 0 Å². The first-order valence-electron chi connectivity index (χ1n) is 10.3. The van der Waals surface area contributed by atoms with Crippen molar-refractivity contribution >= 4 is 23.3 Å². The summed E-state index contributed by atoms with van der Waals surface area (Å²) in [6.45, 7) is 8.93. The normalized spacial score (nSPS) is 14.1. The molecule has 0 aromatic heterocycles. The van der Waals surface area contributed by atoms with E-state index in [0.29, 0.717) is 19.6 Å². The number of ether oxygens (including phenoxy) is 1. The number of carbonyl (C=O) groups is 2. The first-order valence-corrected chi connectivity index (χ1v) is 10.3. The quantitative estimate of drug-likeness (QED) is 0.695. The zero-order chi connectivity index (χ0) is 21.7. The van der Waals surface area contributed by atoms with E-state index >= 15 is 0 Å². The van der Waals surface area contributed by atoms with E-state index in [0.717, 1.165) is 23.2 Å². The molecule has 0 saturated heterocycles. The highest BCUT2D eigenvalue weighted by Gasteiger charge is 2.24. The van der Waals surface area contributed by atoms with Crippen LogP contribution in [-0.2, 0) is 16.1 Å². The summed E-state index contributed by atoms with van der Waals surface area (Å²) in [5.74, 6) is 0.0106. The Morgan fingerprint density at radius 2 is 1.70 bits per heavy atom. The number of hydrogen-bond donors (Lipinski definition) is 0. The SMILES string of the molecule is CC(=O)N(Cc1ccccc1)c1ccc(C2=CCN(C(=O)OC(C)(C)C)CC2)cc1. The third-order valence-electron chi connectivity index (χ3n) is 4.97. The first kappa shape index (κ1) is 21.6. The molecule has 1 heterocycles. The largest absolute Gasteiger partial charge is 0.444 e. The summed E-state index contributed by atoms with van der Waals surface area (Å²) in [4.78, 5) is 27.9. The Hall–Kier alpha value is -3.08. The van der Waals surface area contributed by atoms with E-state index in [1.807, 2.05) is 75.4 Å². The van der Waals surface area contributed by atoms with Gasteiger partial charge in [-0.3, -0.25) is 4.79 Å². The molecule has 0 unspecified atom stereocenters. The van der Waals surface area contributed by atoms with Crippen molar-refractivity contribution in [1.29, 1.82) is 0 Å². The number of nitrogens with zero attached hydrogens (tertiary/aromatic N) is 2. The van der Waals surface area contributed by atoms with Crippen LogP contribution in [0.5, 0.6) is 0 Å². The van der Waals surface area contributed by atoms with Crippen LogP contribution in [0.2, 0.25) is 0 Å². The van der Waals surface area contributed by atoms with E-state index in [1.165, 1.54) is 5.57 Å². The van der Waals surface area contributed by atoms with Gasteiger partial charge in [-0.05, 0) is 56.0 Å². The van der Waals surface area contributed by atoms with Gasteiger partial charge in [-0.25, -0.2) is 4.79 Å². The number of amides is 2. The second-order valence-corrected chi connectivity index (χ2v) is 8.54. The Balaban J connectivity index is 1.68. The minimum absolute atomic E-state index is 0.0106. The second kappa shape index (κ2) is 9.16. The molecule has 1 aliphatic heterocycles. The summed E-state index contributed by atoms with van der Waals surface area (Å²) in [7, 11) is 0. The standard InChI is InChI=1S/C25H30N2O3/c1-19(28)27(18-20-8-6-5-7-9-20)23-12-10-21(11-13-23)22-14-16-26(17-15-22)24(29)30-25(2,3)4/h5-14H,15-18H2,1-4H3. The fourth-order valence-electron chi connectivity index (χ4n) is 3.43. The molecule has 0 saturated carbocycles. The molecule has 0 bridgehead atoms. The third-order valence-corrected chi connectivity index (χ3v) is 4.97. The number of rotatable bonds is 4. The summed E-state index contributed by atoms with van der Waals surface area (Å²) in [5, 5.41) is 0. The predicted molar refractivity (Wildman–Crippen MR) is 120 cm³/mol. The van der Waals surface area contributed by atoms with Crippen molar-refractivity contribution < 1.29 is 14.3 Å². The summed E-state index contributed by atoms with van der Waals surface area (Å²) in [6.07, 6.45) is 2.58. The van der Waals surface area contributed by atoms with Crippen LogP contribution in [0.25, 0.3) is 5.57 Å². The molecule has 2 aromatic carbocycles. The zero-order valence-corrected chi connectivity index (χ0v) is 18.2. The summed E-state index contributed by atoms with van der Waals surface area (Å²) < 4.78 is 5.45. The lowest BCUT2D eigenvalue weighted by atomic mass is 9.99. The van der Waals surface area contributed by atoms with E-state index in [4.69, 9.17) is 4.74 Å². The lowest BCUT2D eigenvalue weighted by Gasteiger charge is -2.29. The minimum Gasteiger partial charge on any atom is -0.444 e. The maximum atomic E-state index is 12.2. The first-order chi connectivity index (χ1) is 14.2. The van der Waals surface area contributed by atoms with Crippen LogP contribution in [-0.4, -0.2) is 35.6 Å². The van der Waals surface area contributed by atoms with E-state index in [9.17, 15) is 9.59 Å². The summed E-state index contributed by atoms with van der Waals surface area (Å²) in [6, 6.07) is 18.0. The van der Waals surface area contributed by atoms with Crippen LogP contribution in [0.15, 0.2) is 60.7 Å². The Morgan fingerprint density at radius 3 is 2.23 bits per heavy atom. The highest BCUT2D eigenvalue weighted by molar-refractivity contribution is 5.91. The Bertz CT molecular complexity index is 912. The predicted octanol–water partition coefficient (Wildman–Crippen LogP) is 5.26. The van der Waals surface area contributed by atoms with Crippen molar-refractivity contribution in [2.45, 2.75) is 46.3 Å². The minimum atomic E-state index is -0.487. The summed E-state index contributed by atoms with van der Waals surface area (Å²) in [5.41, 5.74) is 3.81. The molecule has 0 radical (unpaired) electrons. The molecular formula is C25H30N2O3. The van der Waals surface area contributed by atoms with Gasteiger partial charge in [0.1, 0.15) is 5.60 Å². The Morgan fingerprint density at radius 1 is 1.03 bits per heavy atom. The van der Waals surface area contributed by atoms with E-state index in [2.05, 4.69) is 6.08 Å². The average Bonchev–Trinajstić information content (AvgIpc) is 2.72. The maximum absolute atomic E-state index is 12.2. The van der Waals surface area contributed by atoms with Gasteiger partial charge < -0.3 is 14.5 Å². The molecule has 0 N–H and O–H groups in total. The van der Waals surface area contributed by atoms with Crippen LogP contribution in [0.4, 0.5) is 10.5 Å². The molecular weight excluding hydrogens is 376 g/mol. The van der Waals surface area contributed by atoms with Crippen LogP contribution >= 0.6 is 0 Å². The molecule has 0 atom stereocenters. The molecule has 0 aliphatic carbocycles. The number of hydrogen-bond acceptors (Lipinski definition) is 3. The van der Waals surface area contributed by atoms with Crippen LogP contribution in [0.3, 0.4) is 0 Å². The van der Waals surface area contributed by atoms with Crippen LogP contribution < -0.4 is 4.90 Å². The third kappa shape index (κ3) is 5.72. The Labute approximate surface area is 178 Å². The van der Waals surface area contributed by atoms with E-state index in [1.54, 1.807) is 16.7 Å².